The Labute approximate surface area is 93.6 Å². The molecule has 2 aromatic rings. The lowest BCUT2D eigenvalue weighted by molar-refractivity contribution is -0.114. The van der Waals surface area contributed by atoms with Gasteiger partial charge in [-0.3, -0.25) is 4.79 Å². The summed E-state index contributed by atoms with van der Waals surface area (Å²) < 4.78 is 5.73. The van der Waals surface area contributed by atoms with E-state index in [0.717, 1.165) is 28.7 Å². The van der Waals surface area contributed by atoms with Crippen LogP contribution in [0.5, 0.6) is 0 Å². The summed E-state index contributed by atoms with van der Waals surface area (Å²) in [4.78, 5) is 11.2. The van der Waals surface area contributed by atoms with Crippen molar-refractivity contribution >= 4 is 22.3 Å². The molecule has 0 aliphatic heterocycles. The van der Waals surface area contributed by atoms with Crippen molar-refractivity contribution in [3.63, 3.8) is 0 Å². The molecule has 0 bridgehead atoms. The van der Waals surface area contributed by atoms with Gasteiger partial charge < -0.3 is 4.42 Å². The second-order valence-electron chi connectivity index (χ2n) is 4.29. The fraction of sp³-hybridized carbons (Fsp3) is 0.214. The summed E-state index contributed by atoms with van der Waals surface area (Å²) in [5, 5.41) is 1.11. The Bertz CT molecular complexity index is 602. The molecule has 0 radical (unpaired) electrons. The molecular weight excluding hydrogens is 200 g/mol. The van der Waals surface area contributed by atoms with Crippen LogP contribution in [0.1, 0.15) is 24.2 Å². The van der Waals surface area contributed by atoms with Crippen LogP contribution in [0.2, 0.25) is 0 Å². The van der Waals surface area contributed by atoms with Gasteiger partial charge in [0.1, 0.15) is 11.3 Å². The molecule has 1 aromatic heterocycles. The van der Waals surface area contributed by atoms with Crippen molar-refractivity contribution < 1.29 is 9.21 Å². The van der Waals surface area contributed by atoms with Crippen LogP contribution in [0.25, 0.3) is 16.5 Å². The molecule has 0 atom stereocenters. The fourth-order valence-electron chi connectivity index (χ4n) is 2.11. The first-order valence-electron chi connectivity index (χ1n) is 5.46. The molecule has 0 fully saturated rings. The molecule has 0 amide bonds. The first-order valence-corrected chi connectivity index (χ1v) is 5.46. The number of carbonyl (C=O) groups is 1. The van der Waals surface area contributed by atoms with Gasteiger partial charge in [-0.05, 0) is 43.2 Å². The van der Waals surface area contributed by atoms with Crippen molar-refractivity contribution in [3.05, 3.63) is 41.7 Å². The highest BCUT2D eigenvalue weighted by molar-refractivity contribution is 6.01. The van der Waals surface area contributed by atoms with E-state index in [2.05, 4.69) is 13.0 Å². The van der Waals surface area contributed by atoms with Crippen LogP contribution in [0, 0.1) is 6.92 Å². The van der Waals surface area contributed by atoms with E-state index < -0.39 is 0 Å². The minimum atomic E-state index is 0.201. The molecule has 3 rings (SSSR count). The Balaban J connectivity index is 2.12. The lowest BCUT2D eigenvalue weighted by Gasteiger charge is -1.92. The quantitative estimate of drug-likeness (QED) is 0.724. The number of hydrogen-bond donors (Lipinski definition) is 0. The minimum Gasteiger partial charge on any atom is -0.456 e. The van der Waals surface area contributed by atoms with Gasteiger partial charge in [0.15, 0.2) is 5.78 Å². The summed E-state index contributed by atoms with van der Waals surface area (Å²) in [6.45, 7) is 2.06. The highest BCUT2D eigenvalue weighted by atomic mass is 16.3. The van der Waals surface area contributed by atoms with Gasteiger partial charge in [-0.15, -0.1) is 0 Å². The third-order valence-electron chi connectivity index (χ3n) is 2.96. The second kappa shape index (κ2) is 3.34. The van der Waals surface area contributed by atoms with Crippen molar-refractivity contribution in [3.8, 4) is 0 Å². The van der Waals surface area contributed by atoms with Gasteiger partial charge in [0, 0.05) is 11.8 Å². The van der Waals surface area contributed by atoms with Crippen LogP contribution in [0.15, 0.2) is 34.8 Å². The molecule has 1 aliphatic rings. The Morgan fingerprint density at radius 2 is 2.06 bits per heavy atom. The first-order chi connectivity index (χ1) is 7.72. The molecule has 0 unspecified atom stereocenters. The van der Waals surface area contributed by atoms with E-state index in [1.165, 1.54) is 5.56 Å². The molecule has 80 valence electrons. The molecular formula is C14H12O2. The summed E-state index contributed by atoms with van der Waals surface area (Å²) in [5.41, 5.74) is 3.14. The van der Waals surface area contributed by atoms with E-state index in [-0.39, 0.29) is 5.78 Å². The zero-order valence-electron chi connectivity index (χ0n) is 9.12. The first kappa shape index (κ1) is 9.40. The summed E-state index contributed by atoms with van der Waals surface area (Å²) >= 11 is 0. The highest BCUT2D eigenvalue weighted by Crippen LogP contribution is 2.30. The molecule has 16 heavy (non-hydrogen) atoms. The number of fused-ring (bicyclic) bond motifs is 1. The van der Waals surface area contributed by atoms with Crippen LogP contribution in [0.4, 0.5) is 0 Å². The summed E-state index contributed by atoms with van der Waals surface area (Å²) in [6, 6.07) is 8.13. The number of furan rings is 1. The number of aryl methyl sites for hydroxylation is 1. The number of rotatable bonds is 1. The van der Waals surface area contributed by atoms with Gasteiger partial charge in [0.2, 0.25) is 0 Å². The van der Waals surface area contributed by atoms with Gasteiger partial charge in [-0.25, -0.2) is 0 Å². The van der Waals surface area contributed by atoms with E-state index in [0.29, 0.717) is 6.42 Å². The summed E-state index contributed by atoms with van der Waals surface area (Å²) in [6.07, 6.45) is 3.12. The van der Waals surface area contributed by atoms with Crippen molar-refractivity contribution in [2.24, 2.45) is 0 Å². The van der Waals surface area contributed by atoms with E-state index >= 15 is 0 Å². The van der Waals surface area contributed by atoms with Crippen LogP contribution >= 0.6 is 0 Å². The second-order valence-corrected chi connectivity index (χ2v) is 4.29. The van der Waals surface area contributed by atoms with Gasteiger partial charge in [0.05, 0.1) is 0 Å². The Morgan fingerprint density at radius 3 is 2.81 bits per heavy atom. The molecule has 0 saturated heterocycles. The number of allylic oxidation sites excluding steroid dienone is 2. The smallest absolute Gasteiger partial charge is 0.156 e. The number of hydrogen-bond acceptors (Lipinski definition) is 2. The van der Waals surface area contributed by atoms with Crippen molar-refractivity contribution in [2.75, 3.05) is 0 Å². The maximum atomic E-state index is 11.2. The number of carbonyl (C=O) groups excluding carboxylic acids is 1. The lowest BCUT2D eigenvalue weighted by Crippen LogP contribution is -1.80. The monoisotopic (exact) mass is 212 g/mol. The SMILES string of the molecule is Cc1ccc2oc(C3=CC(=O)CC3)cc2c1. The Kier molecular flexibility index (Phi) is 1.96. The topological polar surface area (TPSA) is 30.2 Å². The van der Waals surface area contributed by atoms with Crippen molar-refractivity contribution in [1.82, 2.24) is 0 Å². The Morgan fingerprint density at radius 1 is 1.19 bits per heavy atom. The molecule has 0 spiro atoms. The Hall–Kier alpha value is -1.83. The third-order valence-corrected chi connectivity index (χ3v) is 2.96. The van der Waals surface area contributed by atoms with Gasteiger partial charge in [-0.2, -0.15) is 0 Å². The van der Waals surface area contributed by atoms with Gasteiger partial charge in [-0.1, -0.05) is 11.6 Å². The van der Waals surface area contributed by atoms with E-state index in [1.54, 1.807) is 6.08 Å². The highest BCUT2D eigenvalue weighted by Gasteiger charge is 2.16. The zero-order valence-corrected chi connectivity index (χ0v) is 9.12. The van der Waals surface area contributed by atoms with Gasteiger partial charge >= 0.3 is 0 Å². The van der Waals surface area contributed by atoms with E-state index in [9.17, 15) is 4.79 Å². The van der Waals surface area contributed by atoms with Crippen LogP contribution in [0.3, 0.4) is 0 Å². The van der Waals surface area contributed by atoms with Crippen LogP contribution in [-0.2, 0) is 4.79 Å². The largest absolute Gasteiger partial charge is 0.456 e. The number of benzene rings is 1. The third kappa shape index (κ3) is 1.47. The zero-order chi connectivity index (χ0) is 11.1. The average Bonchev–Trinajstić information content (AvgIpc) is 2.83. The van der Waals surface area contributed by atoms with Crippen molar-refractivity contribution in [1.29, 1.82) is 0 Å². The predicted octanol–water partition coefficient (Wildman–Crippen LogP) is 3.49. The average molecular weight is 212 g/mol. The van der Waals surface area contributed by atoms with Crippen LogP contribution < -0.4 is 0 Å². The van der Waals surface area contributed by atoms with Gasteiger partial charge in [0.25, 0.3) is 0 Å². The van der Waals surface area contributed by atoms with E-state index in [4.69, 9.17) is 4.42 Å². The normalized spacial score (nSPS) is 15.8. The van der Waals surface area contributed by atoms with Crippen LogP contribution in [-0.4, -0.2) is 5.78 Å². The molecule has 2 nitrogen and oxygen atoms in total. The molecule has 0 saturated carbocycles. The maximum Gasteiger partial charge on any atom is 0.156 e. The molecule has 2 heteroatoms. The minimum absolute atomic E-state index is 0.201. The lowest BCUT2D eigenvalue weighted by atomic mass is 10.1. The molecule has 0 N–H and O–H groups in total. The molecule has 1 heterocycles. The number of ketones is 1. The molecule has 1 aliphatic carbocycles. The fourth-order valence-corrected chi connectivity index (χ4v) is 2.11. The standard InChI is InChI=1S/C14H12O2/c1-9-2-5-13-11(6-9)8-14(16-13)10-3-4-12(15)7-10/h2,5-8H,3-4H2,1H3. The predicted molar refractivity (Wildman–Crippen MR) is 63.2 cm³/mol. The molecule has 1 aromatic carbocycles. The van der Waals surface area contributed by atoms with E-state index in [1.807, 2.05) is 18.2 Å². The maximum absolute atomic E-state index is 11.2. The summed E-state index contributed by atoms with van der Waals surface area (Å²) in [5.74, 6) is 1.04. The summed E-state index contributed by atoms with van der Waals surface area (Å²) in [7, 11) is 0. The van der Waals surface area contributed by atoms with Crippen molar-refractivity contribution in [2.45, 2.75) is 19.8 Å².